The molecular weight excluding hydrogens is 446 g/mol. The maximum Gasteiger partial charge on any atom is 0.322 e. The van der Waals surface area contributed by atoms with Crippen molar-refractivity contribution in [2.75, 3.05) is 26.2 Å². The third-order valence-corrected chi connectivity index (χ3v) is 4.88. The maximum atomic E-state index is 13.0. The van der Waals surface area contributed by atoms with Crippen LogP contribution in [0.3, 0.4) is 0 Å². The number of aliphatic imine (C=N–C) groups is 1. The number of carbonyl (C=O) groups excluding carboxylic acids is 3. The van der Waals surface area contributed by atoms with E-state index in [9.17, 15) is 19.2 Å². The van der Waals surface area contributed by atoms with Crippen LogP contribution in [0.25, 0.3) is 0 Å². The number of amides is 3. The summed E-state index contributed by atoms with van der Waals surface area (Å²) in [6, 6.07) is -2.79. The number of unbranched alkanes of at least 4 members (excludes halogenated alkanes) is 2. The van der Waals surface area contributed by atoms with Crippen molar-refractivity contribution in [2.24, 2.45) is 33.7 Å². The van der Waals surface area contributed by atoms with Crippen molar-refractivity contribution in [3.63, 3.8) is 0 Å². The van der Waals surface area contributed by atoms with E-state index in [1.54, 1.807) is 0 Å². The van der Waals surface area contributed by atoms with E-state index in [1.165, 1.54) is 0 Å². The number of hydrogen-bond acceptors (Lipinski definition) is 8. The number of carbonyl (C=O) groups is 4. The standard InChI is InChI=1S/C20H41N9O5/c21-9-3-1-6-13(23)17(32)28-15(7-2-4-10-22)19(34)29-14(8-5-11-26-20(24)25)18(33)27-12-16(30)31/h13-15H,1-12,21-23H2,(H,27,33)(H,28,32)(H,29,34)(H,30,31)(H4,24,25,26). The molecule has 0 radical (unpaired) electrons. The zero-order valence-electron chi connectivity index (χ0n) is 19.6. The largest absolute Gasteiger partial charge is 0.480 e. The van der Waals surface area contributed by atoms with Gasteiger partial charge in [-0.05, 0) is 58.0 Å². The molecule has 3 atom stereocenters. The summed E-state index contributed by atoms with van der Waals surface area (Å²) < 4.78 is 0. The highest BCUT2D eigenvalue weighted by Gasteiger charge is 2.27. The van der Waals surface area contributed by atoms with Gasteiger partial charge in [-0.2, -0.15) is 0 Å². The first kappa shape index (κ1) is 31.0. The Hall–Kier alpha value is -2.97. The van der Waals surface area contributed by atoms with E-state index in [4.69, 9.17) is 33.8 Å². The molecule has 0 heterocycles. The Morgan fingerprint density at radius 3 is 1.85 bits per heavy atom. The summed E-state index contributed by atoms with van der Waals surface area (Å²) in [6.07, 6.45) is 3.83. The summed E-state index contributed by atoms with van der Waals surface area (Å²) in [7, 11) is 0. The molecule has 0 aromatic carbocycles. The summed E-state index contributed by atoms with van der Waals surface area (Å²) >= 11 is 0. The minimum absolute atomic E-state index is 0.110. The third kappa shape index (κ3) is 15.0. The van der Waals surface area contributed by atoms with E-state index >= 15 is 0 Å². The molecule has 0 aliphatic rings. The normalized spacial score (nSPS) is 13.3. The molecule has 0 rings (SSSR count). The van der Waals surface area contributed by atoms with Crippen LogP contribution in [0.5, 0.6) is 0 Å². The molecular formula is C20H41N9O5. The van der Waals surface area contributed by atoms with E-state index in [1.807, 2.05) is 0 Å². The van der Waals surface area contributed by atoms with Gasteiger partial charge < -0.3 is 49.7 Å². The Kier molecular flexibility index (Phi) is 16.8. The number of hydrogen-bond donors (Lipinski definition) is 9. The minimum atomic E-state index is -1.23. The number of nitrogens with one attached hydrogen (secondary N) is 3. The number of rotatable bonds is 19. The number of nitrogens with two attached hydrogens (primary N) is 5. The van der Waals surface area contributed by atoms with Crippen molar-refractivity contribution in [3.05, 3.63) is 0 Å². The van der Waals surface area contributed by atoms with E-state index in [0.717, 1.165) is 6.42 Å². The van der Waals surface area contributed by atoms with Gasteiger partial charge in [0.25, 0.3) is 0 Å². The Morgan fingerprint density at radius 1 is 0.765 bits per heavy atom. The van der Waals surface area contributed by atoms with Gasteiger partial charge in [0.15, 0.2) is 5.96 Å². The van der Waals surface area contributed by atoms with Crippen molar-refractivity contribution < 1.29 is 24.3 Å². The van der Waals surface area contributed by atoms with Gasteiger partial charge in [-0.25, -0.2) is 0 Å². The second-order valence-electron chi connectivity index (χ2n) is 7.86. The fourth-order valence-corrected chi connectivity index (χ4v) is 3.01. The van der Waals surface area contributed by atoms with Crippen LogP contribution in [0.1, 0.15) is 51.4 Å². The van der Waals surface area contributed by atoms with Crippen LogP contribution in [-0.4, -0.2) is 79.1 Å². The molecule has 0 bridgehead atoms. The lowest BCUT2D eigenvalue weighted by molar-refractivity contribution is -0.138. The molecule has 0 aromatic rings. The minimum Gasteiger partial charge on any atom is -0.480 e. The van der Waals surface area contributed by atoms with Gasteiger partial charge in [0.05, 0.1) is 6.04 Å². The Bertz CT molecular complexity index is 671. The van der Waals surface area contributed by atoms with Gasteiger partial charge in [0.1, 0.15) is 18.6 Å². The van der Waals surface area contributed by atoms with E-state index in [0.29, 0.717) is 51.6 Å². The fourth-order valence-electron chi connectivity index (χ4n) is 3.01. The van der Waals surface area contributed by atoms with E-state index in [2.05, 4.69) is 20.9 Å². The van der Waals surface area contributed by atoms with E-state index in [-0.39, 0.29) is 18.9 Å². The van der Waals surface area contributed by atoms with Crippen molar-refractivity contribution in [3.8, 4) is 0 Å². The monoisotopic (exact) mass is 487 g/mol. The average molecular weight is 488 g/mol. The van der Waals surface area contributed by atoms with Crippen LogP contribution < -0.4 is 44.6 Å². The van der Waals surface area contributed by atoms with Crippen molar-refractivity contribution >= 4 is 29.7 Å². The fraction of sp³-hybridized carbons (Fsp3) is 0.750. The summed E-state index contributed by atoms with van der Waals surface area (Å²) in [6.45, 7) is 0.529. The molecule has 14 N–H and O–H groups in total. The number of carboxylic acid groups (broad SMARTS) is 1. The number of nitrogens with zero attached hydrogens (tertiary/aromatic N) is 1. The number of guanidine groups is 1. The summed E-state index contributed by atoms with van der Waals surface area (Å²) in [5.74, 6) is -3.08. The predicted octanol–water partition coefficient (Wildman–Crippen LogP) is -3.20. The van der Waals surface area contributed by atoms with Gasteiger partial charge in [-0.3, -0.25) is 24.2 Å². The van der Waals surface area contributed by atoms with Gasteiger partial charge in [-0.15, -0.1) is 0 Å². The first-order chi connectivity index (χ1) is 16.1. The maximum absolute atomic E-state index is 13.0. The molecule has 0 aliphatic heterocycles. The second-order valence-corrected chi connectivity index (χ2v) is 7.86. The molecule has 14 nitrogen and oxygen atoms in total. The summed E-state index contributed by atoms with van der Waals surface area (Å²) in [5, 5.41) is 16.3. The van der Waals surface area contributed by atoms with Crippen LogP contribution in [-0.2, 0) is 19.2 Å². The molecule has 0 saturated carbocycles. The Morgan fingerprint density at radius 2 is 1.29 bits per heavy atom. The van der Waals surface area contributed by atoms with Gasteiger partial charge in [0, 0.05) is 6.54 Å². The van der Waals surface area contributed by atoms with Gasteiger partial charge in [0.2, 0.25) is 17.7 Å². The van der Waals surface area contributed by atoms with Crippen LogP contribution >= 0.6 is 0 Å². The first-order valence-electron chi connectivity index (χ1n) is 11.4. The third-order valence-electron chi connectivity index (χ3n) is 4.88. The molecule has 0 aromatic heterocycles. The van der Waals surface area contributed by atoms with E-state index < -0.39 is 48.4 Å². The smallest absolute Gasteiger partial charge is 0.322 e. The highest BCUT2D eigenvalue weighted by molar-refractivity contribution is 5.93. The van der Waals surface area contributed by atoms with Crippen molar-refractivity contribution in [1.29, 1.82) is 0 Å². The highest BCUT2D eigenvalue weighted by atomic mass is 16.4. The molecule has 0 aliphatic carbocycles. The van der Waals surface area contributed by atoms with Crippen LogP contribution in [0.2, 0.25) is 0 Å². The number of aliphatic carboxylic acids is 1. The second kappa shape index (κ2) is 18.5. The quantitative estimate of drug-likeness (QED) is 0.0500. The predicted molar refractivity (Wildman–Crippen MR) is 128 cm³/mol. The van der Waals surface area contributed by atoms with Crippen molar-refractivity contribution in [1.82, 2.24) is 16.0 Å². The SMILES string of the molecule is NCCCCC(N)C(=O)NC(CCCCN)C(=O)NC(CCCN=C(N)N)C(=O)NCC(=O)O. The van der Waals surface area contributed by atoms with Crippen LogP contribution in [0, 0.1) is 0 Å². The lowest BCUT2D eigenvalue weighted by Crippen LogP contribution is -2.56. The first-order valence-corrected chi connectivity index (χ1v) is 11.4. The van der Waals surface area contributed by atoms with Crippen molar-refractivity contribution in [2.45, 2.75) is 69.5 Å². The summed E-state index contributed by atoms with van der Waals surface area (Å²) in [5.41, 5.74) is 27.5. The molecule has 3 amide bonds. The summed E-state index contributed by atoms with van der Waals surface area (Å²) in [4.78, 5) is 52.6. The molecule has 196 valence electrons. The zero-order valence-corrected chi connectivity index (χ0v) is 19.6. The van der Waals surface area contributed by atoms with Gasteiger partial charge in [-0.1, -0.05) is 6.42 Å². The average Bonchev–Trinajstić information content (AvgIpc) is 2.78. The van der Waals surface area contributed by atoms with Crippen LogP contribution in [0.4, 0.5) is 0 Å². The zero-order chi connectivity index (χ0) is 25.9. The molecule has 34 heavy (non-hydrogen) atoms. The highest BCUT2D eigenvalue weighted by Crippen LogP contribution is 2.06. The Balaban J connectivity index is 5.27. The Labute approximate surface area is 199 Å². The molecule has 0 saturated heterocycles. The topological polar surface area (TPSA) is 267 Å². The lowest BCUT2D eigenvalue weighted by Gasteiger charge is -2.24. The number of carboxylic acids is 1. The van der Waals surface area contributed by atoms with Crippen LogP contribution in [0.15, 0.2) is 4.99 Å². The molecule has 3 unspecified atom stereocenters. The molecule has 0 spiro atoms. The van der Waals surface area contributed by atoms with Gasteiger partial charge >= 0.3 is 5.97 Å². The molecule has 14 heteroatoms. The lowest BCUT2D eigenvalue weighted by atomic mass is 10.0. The molecule has 0 fully saturated rings.